The maximum Gasteiger partial charge on any atom is 0.113 e. The SMILES string of the molecule is CN1CCC(CO)(C(C)(C)F)CC1. The van der Waals surface area contributed by atoms with Crippen LogP contribution >= 0.6 is 0 Å². The Morgan fingerprint density at radius 3 is 2.15 bits per heavy atom. The van der Waals surface area contributed by atoms with Crippen LogP contribution in [0.15, 0.2) is 0 Å². The molecule has 0 spiro atoms. The van der Waals surface area contributed by atoms with Crippen LogP contribution in [0.2, 0.25) is 0 Å². The minimum Gasteiger partial charge on any atom is -0.396 e. The monoisotopic (exact) mass is 189 g/mol. The van der Waals surface area contributed by atoms with Gasteiger partial charge in [0.15, 0.2) is 0 Å². The zero-order valence-corrected chi connectivity index (χ0v) is 8.81. The molecular formula is C10H20FNO. The number of aliphatic hydroxyl groups is 1. The molecule has 0 saturated carbocycles. The molecule has 0 radical (unpaired) electrons. The lowest BCUT2D eigenvalue weighted by atomic mass is 9.69. The summed E-state index contributed by atoms with van der Waals surface area (Å²) in [6.07, 6.45) is 1.51. The highest BCUT2D eigenvalue weighted by Crippen LogP contribution is 2.42. The van der Waals surface area contributed by atoms with Gasteiger partial charge in [0.2, 0.25) is 0 Å². The molecule has 0 amide bonds. The van der Waals surface area contributed by atoms with Gasteiger partial charge in [0.1, 0.15) is 5.67 Å². The standard InChI is InChI=1S/C10H20FNO/c1-9(2,11)10(8-13)4-6-12(3)7-5-10/h13H,4-8H2,1-3H3. The first-order valence-corrected chi connectivity index (χ1v) is 4.90. The number of hydrogen-bond acceptors (Lipinski definition) is 2. The van der Waals surface area contributed by atoms with Gasteiger partial charge in [0.05, 0.1) is 6.61 Å². The van der Waals surface area contributed by atoms with E-state index in [4.69, 9.17) is 0 Å². The minimum absolute atomic E-state index is 0.0374. The maximum atomic E-state index is 13.9. The predicted molar refractivity (Wildman–Crippen MR) is 51.4 cm³/mol. The van der Waals surface area contributed by atoms with Crippen molar-refractivity contribution in [2.45, 2.75) is 32.4 Å². The van der Waals surface area contributed by atoms with Crippen molar-refractivity contribution in [1.82, 2.24) is 4.90 Å². The number of hydrogen-bond donors (Lipinski definition) is 1. The molecule has 0 bridgehead atoms. The lowest BCUT2D eigenvalue weighted by Crippen LogP contribution is -2.50. The Balaban J connectivity index is 2.72. The fourth-order valence-electron chi connectivity index (χ4n) is 1.99. The average Bonchev–Trinajstić information content (AvgIpc) is 2.04. The van der Waals surface area contributed by atoms with Gasteiger partial charge in [0, 0.05) is 5.41 Å². The van der Waals surface area contributed by atoms with Gasteiger partial charge in [-0.1, -0.05) is 0 Å². The summed E-state index contributed by atoms with van der Waals surface area (Å²) in [4.78, 5) is 2.18. The Bertz CT molecular complexity index is 168. The van der Waals surface area contributed by atoms with Gasteiger partial charge in [-0.2, -0.15) is 0 Å². The van der Waals surface area contributed by atoms with Gasteiger partial charge < -0.3 is 10.0 Å². The molecule has 0 aromatic rings. The predicted octanol–water partition coefficient (Wildman–Crippen LogP) is 1.44. The Kier molecular flexibility index (Phi) is 2.98. The number of likely N-dealkylation sites (tertiary alicyclic amines) is 1. The normalized spacial score (nSPS) is 24.7. The smallest absolute Gasteiger partial charge is 0.113 e. The molecule has 3 heteroatoms. The van der Waals surface area contributed by atoms with Gasteiger partial charge in [-0.3, -0.25) is 0 Å². The lowest BCUT2D eigenvalue weighted by molar-refractivity contribution is -0.0628. The molecule has 13 heavy (non-hydrogen) atoms. The third kappa shape index (κ3) is 2.02. The molecule has 0 unspecified atom stereocenters. The molecule has 1 aliphatic heterocycles. The van der Waals surface area contributed by atoms with Crippen LogP contribution in [0.4, 0.5) is 4.39 Å². The lowest BCUT2D eigenvalue weighted by Gasteiger charge is -2.45. The Hall–Kier alpha value is -0.150. The fourth-order valence-corrected chi connectivity index (χ4v) is 1.99. The van der Waals surface area contributed by atoms with Gasteiger partial charge >= 0.3 is 0 Å². The van der Waals surface area contributed by atoms with E-state index in [0.29, 0.717) is 0 Å². The van der Waals surface area contributed by atoms with Crippen LogP contribution in [-0.4, -0.2) is 42.4 Å². The molecule has 1 heterocycles. The molecule has 1 rings (SSSR count). The van der Waals surface area contributed by atoms with Crippen LogP contribution in [0, 0.1) is 5.41 Å². The Morgan fingerprint density at radius 2 is 1.85 bits per heavy atom. The van der Waals surface area contributed by atoms with E-state index < -0.39 is 11.1 Å². The maximum absolute atomic E-state index is 13.9. The Labute approximate surface area is 79.7 Å². The molecule has 1 fully saturated rings. The average molecular weight is 189 g/mol. The first-order chi connectivity index (χ1) is 5.91. The molecule has 1 aliphatic rings. The van der Waals surface area contributed by atoms with Crippen molar-refractivity contribution in [3.05, 3.63) is 0 Å². The third-order valence-electron chi connectivity index (χ3n) is 3.51. The van der Waals surface area contributed by atoms with Crippen molar-refractivity contribution in [3.63, 3.8) is 0 Å². The van der Waals surface area contributed by atoms with Crippen molar-refractivity contribution in [1.29, 1.82) is 0 Å². The number of alkyl halides is 1. The highest BCUT2D eigenvalue weighted by Gasteiger charge is 2.46. The summed E-state index contributed by atoms with van der Waals surface area (Å²) in [5.41, 5.74) is -1.79. The molecule has 78 valence electrons. The van der Waals surface area contributed by atoms with Crippen LogP contribution in [-0.2, 0) is 0 Å². The van der Waals surface area contributed by atoms with Crippen molar-refractivity contribution in [2.75, 3.05) is 26.7 Å². The summed E-state index contributed by atoms with van der Waals surface area (Å²) < 4.78 is 13.9. The minimum atomic E-state index is -1.27. The van der Waals surface area contributed by atoms with E-state index >= 15 is 0 Å². The van der Waals surface area contributed by atoms with E-state index in [1.54, 1.807) is 13.8 Å². The second kappa shape index (κ2) is 3.54. The van der Waals surface area contributed by atoms with E-state index in [9.17, 15) is 9.50 Å². The number of halogens is 1. The van der Waals surface area contributed by atoms with Crippen LogP contribution < -0.4 is 0 Å². The zero-order valence-electron chi connectivity index (χ0n) is 8.81. The molecule has 0 atom stereocenters. The summed E-state index contributed by atoms with van der Waals surface area (Å²) >= 11 is 0. The molecule has 1 N–H and O–H groups in total. The number of aliphatic hydroxyl groups excluding tert-OH is 1. The van der Waals surface area contributed by atoms with Gasteiger partial charge in [-0.15, -0.1) is 0 Å². The first-order valence-electron chi connectivity index (χ1n) is 4.90. The summed E-state index contributed by atoms with van der Waals surface area (Å²) in [5, 5.41) is 9.30. The van der Waals surface area contributed by atoms with Crippen molar-refractivity contribution in [2.24, 2.45) is 5.41 Å². The molecule has 0 aliphatic carbocycles. The molecule has 0 aromatic heterocycles. The number of rotatable bonds is 2. The number of nitrogens with zero attached hydrogens (tertiary/aromatic N) is 1. The van der Waals surface area contributed by atoms with E-state index in [2.05, 4.69) is 4.90 Å². The van der Waals surface area contributed by atoms with E-state index in [1.165, 1.54) is 0 Å². The molecule has 0 aromatic carbocycles. The first kappa shape index (κ1) is 10.9. The van der Waals surface area contributed by atoms with Gasteiger partial charge in [0.25, 0.3) is 0 Å². The van der Waals surface area contributed by atoms with E-state index in [0.717, 1.165) is 25.9 Å². The fraction of sp³-hybridized carbons (Fsp3) is 1.00. The molecule has 1 saturated heterocycles. The highest BCUT2D eigenvalue weighted by atomic mass is 19.1. The van der Waals surface area contributed by atoms with Crippen LogP contribution in [0.5, 0.6) is 0 Å². The van der Waals surface area contributed by atoms with Gasteiger partial charge in [-0.05, 0) is 46.8 Å². The zero-order chi connectivity index (χ0) is 10.1. The topological polar surface area (TPSA) is 23.5 Å². The van der Waals surface area contributed by atoms with Crippen LogP contribution in [0.3, 0.4) is 0 Å². The highest BCUT2D eigenvalue weighted by molar-refractivity contribution is 4.96. The van der Waals surface area contributed by atoms with E-state index in [-0.39, 0.29) is 6.61 Å². The van der Waals surface area contributed by atoms with Crippen molar-refractivity contribution < 1.29 is 9.50 Å². The van der Waals surface area contributed by atoms with E-state index in [1.807, 2.05) is 7.05 Å². The summed E-state index contributed by atoms with van der Waals surface area (Å²) in [6, 6.07) is 0. The quantitative estimate of drug-likeness (QED) is 0.710. The number of piperidine rings is 1. The molecule has 2 nitrogen and oxygen atoms in total. The van der Waals surface area contributed by atoms with Crippen molar-refractivity contribution >= 4 is 0 Å². The van der Waals surface area contributed by atoms with Crippen LogP contribution in [0.25, 0.3) is 0 Å². The summed E-state index contributed by atoms with van der Waals surface area (Å²) in [7, 11) is 2.03. The Morgan fingerprint density at radius 1 is 1.38 bits per heavy atom. The summed E-state index contributed by atoms with van der Waals surface area (Å²) in [5.74, 6) is 0. The van der Waals surface area contributed by atoms with Crippen LogP contribution in [0.1, 0.15) is 26.7 Å². The summed E-state index contributed by atoms with van der Waals surface area (Å²) in [6.45, 7) is 4.88. The van der Waals surface area contributed by atoms with Crippen molar-refractivity contribution in [3.8, 4) is 0 Å². The second-order valence-corrected chi connectivity index (χ2v) is 4.71. The third-order valence-corrected chi connectivity index (χ3v) is 3.51. The van der Waals surface area contributed by atoms with Gasteiger partial charge in [-0.25, -0.2) is 4.39 Å². The largest absolute Gasteiger partial charge is 0.396 e. The molecular weight excluding hydrogens is 169 g/mol. The second-order valence-electron chi connectivity index (χ2n) is 4.71.